The predicted molar refractivity (Wildman–Crippen MR) is 77.8 cm³/mol. The monoisotopic (exact) mass is 288 g/mol. The largest absolute Gasteiger partial charge is 0.479 e. The zero-order valence-electron chi connectivity index (χ0n) is 11.4. The summed E-state index contributed by atoms with van der Waals surface area (Å²) in [4.78, 5) is 11.0. The molecule has 0 spiro atoms. The first-order valence-electron chi connectivity index (χ1n) is 6.68. The Morgan fingerprint density at radius 1 is 0.952 bits per heavy atom. The molecule has 110 valence electrons. The van der Waals surface area contributed by atoms with Crippen molar-refractivity contribution in [2.24, 2.45) is 0 Å². The Kier molecular flexibility index (Phi) is 4.70. The second-order valence-corrected chi connectivity index (χ2v) is 5.13. The molecular weight excluding hydrogens is 271 g/mol. The maximum absolute atomic E-state index is 14.1. The van der Waals surface area contributed by atoms with Gasteiger partial charge in [0.15, 0.2) is 0 Å². The fourth-order valence-electron chi connectivity index (χ4n) is 2.37. The van der Waals surface area contributed by atoms with Crippen molar-refractivity contribution in [2.75, 3.05) is 0 Å². The fraction of sp³-hybridized carbons (Fsp3) is 0.235. The molecule has 0 bridgehead atoms. The van der Waals surface area contributed by atoms with Gasteiger partial charge >= 0.3 is 5.97 Å². The second kappa shape index (κ2) is 6.50. The van der Waals surface area contributed by atoms with Gasteiger partial charge in [-0.1, -0.05) is 60.7 Å². The van der Waals surface area contributed by atoms with Crippen LogP contribution < -0.4 is 0 Å². The number of aliphatic carboxylic acids is 1. The lowest BCUT2D eigenvalue weighted by molar-refractivity contribution is -0.154. The normalized spacial score (nSPS) is 12.9. The Hall–Kier alpha value is -2.20. The fourth-order valence-corrected chi connectivity index (χ4v) is 2.37. The third-order valence-corrected chi connectivity index (χ3v) is 3.39. The molecule has 0 saturated carbocycles. The molecule has 2 aromatic carbocycles. The molecule has 0 aliphatic rings. The summed E-state index contributed by atoms with van der Waals surface area (Å²) in [5, 5.41) is 19.5. The average Bonchev–Trinajstić information content (AvgIpc) is 2.48. The van der Waals surface area contributed by atoms with Crippen LogP contribution in [0.15, 0.2) is 60.7 Å². The number of rotatable bonds is 6. The number of carboxylic acid groups (broad SMARTS) is 1. The molecule has 0 heterocycles. The molecule has 21 heavy (non-hydrogen) atoms. The molecule has 0 radical (unpaired) electrons. The minimum absolute atomic E-state index is 0.0593. The van der Waals surface area contributed by atoms with Crippen LogP contribution in [0, 0.1) is 0 Å². The second-order valence-electron chi connectivity index (χ2n) is 5.13. The summed E-state index contributed by atoms with van der Waals surface area (Å²) in [5.74, 6) is -1.65. The van der Waals surface area contributed by atoms with E-state index in [1.807, 2.05) is 12.1 Å². The predicted octanol–water partition coefficient (Wildman–Crippen LogP) is 2.63. The van der Waals surface area contributed by atoms with Gasteiger partial charge in [-0.05, 0) is 11.1 Å². The standard InChI is InChI=1S/C17H17FO3/c18-15(16(19)20)17(21,11-13-7-3-1-4-8-13)12-14-9-5-2-6-10-14/h1-10,15,21H,11-12H2,(H,19,20). The lowest BCUT2D eigenvalue weighted by Crippen LogP contribution is -2.48. The molecule has 4 heteroatoms. The van der Waals surface area contributed by atoms with E-state index in [-0.39, 0.29) is 12.8 Å². The van der Waals surface area contributed by atoms with Gasteiger partial charge in [0, 0.05) is 12.8 Å². The number of benzene rings is 2. The summed E-state index contributed by atoms with van der Waals surface area (Å²) in [7, 11) is 0. The SMILES string of the molecule is O=C(O)C(F)C(O)(Cc1ccccc1)Cc1ccccc1. The van der Waals surface area contributed by atoms with Crippen molar-refractivity contribution in [3.63, 3.8) is 0 Å². The number of carboxylic acids is 1. The third-order valence-electron chi connectivity index (χ3n) is 3.39. The molecule has 0 saturated heterocycles. The van der Waals surface area contributed by atoms with E-state index < -0.39 is 17.7 Å². The zero-order chi connectivity index (χ0) is 15.3. The van der Waals surface area contributed by atoms with Crippen LogP contribution in [0.4, 0.5) is 4.39 Å². The van der Waals surface area contributed by atoms with Gasteiger partial charge in [0.25, 0.3) is 0 Å². The van der Waals surface area contributed by atoms with E-state index in [0.717, 1.165) is 0 Å². The van der Waals surface area contributed by atoms with Crippen molar-refractivity contribution in [1.82, 2.24) is 0 Å². The van der Waals surface area contributed by atoms with Crippen molar-refractivity contribution >= 4 is 5.97 Å². The van der Waals surface area contributed by atoms with Gasteiger partial charge in [-0.15, -0.1) is 0 Å². The number of aliphatic hydroxyl groups is 1. The van der Waals surface area contributed by atoms with Crippen molar-refractivity contribution in [3.8, 4) is 0 Å². The van der Waals surface area contributed by atoms with Crippen molar-refractivity contribution in [1.29, 1.82) is 0 Å². The summed E-state index contributed by atoms with van der Waals surface area (Å²) in [5.41, 5.74) is -0.589. The van der Waals surface area contributed by atoms with Crippen LogP contribution in [0.25, 0.3) is 0 Å². The van der Waals surface area contributed by atoms with E-state index in [4.69, 9.17) is 5.11 Å². The van der Waals surface area contributed by atoms with Crippen LogP contribution in [0.5, 0.6) is 0 Å². The summed E-state index contributed by atoms with van der Waals surface area (Å²) < 4.78 is 14.1. The van der Waals surface area contributed by atoms with Crippen LogP contribution in [0.3, 0.4) is 0 Å². The van der Waals surface area contributed by atoms with Gasteiger partial charge in [0.2, 0.25) is 6.17 Å². The third kappa shape index (κ3) is 3.89. The molecule has 1 atom stereocenters. The molecular formula is C17H17FO3. The van der Waals surface area contributed by atoms with Crippen LogP contribution in [-0.4, -0.2) is 28.0 Å². The molecule has 0 amide bonds. The number of halogens is 1. The first-order chi connectivity index (χ1) is 10.0. The van der Waals surface area contributed by atoms with E-state index in [9.17, 15) is 14.3 Å². The van der Waals surface area contributed by atoms with Gasteiger partial charge in [-0.2, -0.15) is 0 Å². The Morgan fingerprint density at radius 3 is 1.67 bits per heavy atom. The van der Waals surface area contributed by atoms with E-state index in [0.29, 0.717) is 11.1 Å². The molecule has 1 unspecified atom stereocenters. The topological polar surface area (TPSA) is 57.5 Å². The Balaban J connectivity index is 2.28. The zero-order valence-corrected chi connectivity index (χ0v) is 11.4. The molecule has 0 aliphatic heterocycles. The van der Waals surface area contributed by atoms with E-state index in [1.165, 1.54) is 0 Å². The number of carbonyl (C=O) groups is 1. The first kappa shape index (κ1) is 15.2. The number of alkyl halides is 1. The van der Waals surface area contributed by atoms with Gasteiger partial charge in [0.1, 0.15) is 5.60 Å². The highest BCUT2D eigenvalue weighted by Gasteiger charge is 2.42. The number of hydrogen-bond acceptors (Lipinski definition) is 2. The van der Waals surface area contributed by atoms with E-state index in [2.05, 4.69) is 0 Å². The van der Waals surface area contributed by atoms with Gasteiger partial charge in [-0.25, -0.2) is 9.18 Å². The van der Waals surface area contributed by atoms with Gasteiger partial charge < -0.3 is 10.2 Å². The van der Waals surface area contributed by atoms with E-state index in [1.54, 1.807) is 48.5 Å². The summed E-state index contributed by atoms with van der Waals surface area (Å²) >= 11 is 0. The molecule has 3 nitrogen and oxygen atoms in total. The highest BCUT2D eigenvalue weighted by atomic mass is 19.1. The molecule has 2 N–H and O–H groups in total. The van der Waals surface area contributed by atoms with Crippen LogP contribution in [-0.2, 0) is 17.6 Å². The van der Waals surface area contributed by atoms with Crippen molar-refractivity contribution < 1.29 is 19.4 Å². The summed E-state index contributed by atoms with van der Waals surface area (Å²) in [6.07, 6.45) is -2.47. The van der Waals surface area contributed by atoms with Crippen LogP contribution >= 0.6 is 0 Å². The summed E-state index contributed by atoms with van der Waals surface area (Å²) in [6.45, 7) is 0. The molecule has 0 fully saturated rings. The smallest absolute Gasteiger partial charge is 0.341 e. The Bertz CT molecular complexity index is 542. The lowest BCUT2D eigenvalue weighted by Gasteiger charge is -2.29. The van der Waals surface area contributed by atoms with Crippen LogP contribution in [0.2, 0.25) is 0 Å². The van der Waals surface area contributed by atoms with Crippen molar-refractivity contribution in [3.05, 3.63) is 71.8 Å². The molecule has 2 rings (SSSR count). The quantitative estimate of drug-likeness (QED) is 0.859. The minimum atomic E-state index is -2.35. The van der Waals surface area contributed by atoms with E-state index >= 15 is 0 Å². The number of hydrogen-bond donors (Lipinski definition) is 2. The molecule has 0 aliphatic carbocycles. The highest BCUT2D eigenvalue weighted by molar-refractivity contribution is 5.74. The summed E-state index contributed by atoms with van der Waals surface area (Å²) in [6, 6.07) is 17.7. The average molecular weight is 288 g/mol. The van der Waals surface area contributed by atoms with Crippen LogP contribution in [0.1, 0.15) is 11.1 Å². The Labute approximate surface area is 122 Å². The van der Waals surface area contributed by atoms with Gasteiger partial charge in [0.05, 0.1) is 0 Å². The minimum Gasteiger partial charge on any atom is -0.479 e. The Morgan fingerprint density at radius 2 is 1.33 bits per heavy atom. The lowest BCUT2D eigenvalue weighted by atomic mass is 9.84. The van der Waals surface area contributed by atoms with Crippen molar-refractivity contribution in [2.45, 2.75) is 24.6 Å². The highest BCUT2D eigenvalue weighted by Crippen LogP contribution is 2.25. The van der Waals surface area contributed by atoms with Gasteiger partial charge in [-0.3, -0.25) is 0 Å². The molecule has 2 aromatic rings. The molecule has 0 aromatic heterocycles. The first-order valence-corrected chi connectivity index (χ1v) is 6.68. The maximum Gasteiger partial charge on any atom is 0.341 e. The maximum atomic E-state index is 14.1.